The number of fused-ring (bicyclic) bond motifs is 1. The van der Waals surface area contributed by atoms with Crippen LogP contribution in [0.3, 0.4) is 0 Å². The zero-order valence-electron chi connectivity index (χ0n) is 13.5. The molecule has 3 aromatic carbocycles. The minimum Gasteiger partial charge on any atom is -0.305 e. The van der Waals surface area contributed by atoms with Gasteiger partial charge >= 0.3 is 0 Å². The first-order valence-corrected chi connectivity index (χ1v) is 8.15. The number of nitrogens with zero attached hydrogens (tertiary/aromatic N) is 3. The third-order valence-corrected chi connectivity index (χ3v) is 4.15. The maximum Gasteiger partial charge on any atom is 0.0867 e. The van der Waals surface area contributed by atoms with E-state index in [2.05, 4.69) is 57.8 Å². The first-order chi connectivity index (χ1) is 11.9. The van der Waals surface area contributed by atoms with Crippen LogP contribution in [-0.2, 0) is 13.0 Å². The van der Waals surface area contributed by atoms with Gasteiger partial charge in [0.25, 0.3) is 0 Å². The monoisotopic (exact) mass is 316 g/mol. The van der Waals surface area contributed by atoms with Crippen molar-refractivity contribution < 1.29 is 0 Å². The summed E-state index contributed by atoms with van der Waals surface area (Å²) in [4.78, 5) is 2.99. The van der Waals surface area contributed by atoms with Gasteiger partial charge in [-0.2, -0.15) is 0 Å². The second-order valence-corrected chi connectivity index (χ2v) is 5.76. The molecule has 0 aromatic heterocycles. The summed E-state index contributed by atoms with van der Waals surface area (Å²) in [7, 11) is 0. The number of hydrogen-bond donors (Lipinski definition) is 1. The Hall–Kier alpha value is -2.81. The molecule has 0 saturated carbocycles. The molecular weight excluding hydrogens is 296 g/mol. The van der Waals surface area contributed by atoms with Crippen LogP contribution < -0.4 is 5.32 Å². The molecule has 1 N–H and O–H groups in total. The fourth-order valence-corrected chi connectivity index (χ4v) is 2.89. The van der Waals surface area contributed by atoms with E-state index in [0.29, 0.717) is 6.54 Å². The largest absolute Gasteiger partial charge is 0.305 e. The second-order valence-electron chi connectivity index (χ2n) is 5.76. The van der Waals surface area contributed by atoms with Crippen LogP contribution in [0.4, 0.5) is 0 Å². The van der Waals surface area contributed by atoms with Crippen LogP contribution in [0, 0.1) is 0 Å². The fraction of sp³-hybridized carbons (Fsp3) is 0.200. The lowest BCUT2D eigenvalue weighted by Gasteiger charge is -2.14. The third-order valence-electron chi connectivity index (χ3n) is 4.15. The molecule has 0 amide bonds. The van der Waals surface area contributed by atoms with Crippen LogP contribution in [0.5, 0.6) is 0 Å². The first-order valence-electron chi connectivity index (χ1n) is 8.15. The highest BCUT2D eigenvalue weighted by molar-refractivity contribution is 5.85. The zero-order chi connectivity index (χ0) is 16.6. The van der Waals surface area contributed by atoms with Crippen LogP contribution in [0.15, 0.2) is 77.9 Å². The Morgan fingerprint density at radius 1 is 0.917 bits per heavy atom. The Morgan fingerprint density at radius 3 is 2.50 bits per heavy atom. The van der Waals surface area contributed by atoms with Crippen molar-refractivity contribution in [3.63, 3.8) is 0 Å². The lowest BCUT2D eigenvalue weighted by atomic mass is 10.0. The third kappa shape index (κ3) is 4.13. The molecule has 0 heterocycles. The molecule has 0 spiro atoms. The van der Waals surface area contributed by atoms with E-state index >= 15 is 0 Å². The highest BCUT2D eigenvalue weighted by Crippen LogP contribution is 2.18. The van der Waals surface area contributed by atoms with Gasteiger partial charge in [-0.15, -0.1) is 0 Å². The second kappa shape index (κ2) is 8.16. The van der Waals surface area contributed by atoms with Crippen molar-refractivity contribution in [2.75, 3.05) is 0 Å². The quantitative estimate of drug-likeness (QED) is 0.363. The Bertz CT molecular complexity index is 833. The summed E-state index contributed by atoms with van der Waals surface area (Å²) in [5.41, 5.74) is 11.3. The minimum absolute atomic E-state index is 0.214. The molecule has 1 atom stereocenters. The minimum atomic E-state index is -0.214. The molecule has 0 fully saturated rings. The Labute approximate surface area is 141 Å². The molecule has 0 unspecified atom stereocenters. The summed E-state index contributed by atoms with van der Waals surface area (Å²) in [6, 6.07) is 24.9. The number of nitrogens with one attached hydrogen (secondary N) is 1. The molecule has 0 bridgehead atoms. The molecule has 3 aromatic rings. The molecule has 4 nitrogen and oxygen atoms in total. The summed E-state index contributed by atoms with van der Waals surface area (Å²) in [6.45, 7) is 0.680. The summed E-state index contributed by atoms with van der Waals surface area (Å²) in [5.74, 6) is 0. The SMILES string of the molecule is [N-]=[N+]=N[C@H](CCc1ccccc1)NCc1cccc2ccccc12. The van der Waals surface area contributed by atoms with E-state index in [-0.39, 0.29) is 6.17 Å². The number of azide groups is 1. The van der Waals surface area contributed by atoms with Gasteiger partial charge in [0.1, 0.15) is 0 Å². The van der Waals surface area contributed by atoms with Gasteiger partial charge < -0.3 is 5.32 Å². The predicted molar refractivity (Wildman–Crippen MR) is 98.5 cm³/mol. The van der Waals surface area contributed by atoms with Crippen LogP contribution in [0.1, 0.15) is 17.5 Å². The Balaban J connectivity index is 1.66. The molecule has 120 valence electrons. The molecule has 0 aliphatic carbocycles. The van der Waals surface area contributed by atoms with Crippen molar-refractivity contribution in [1.82, 2.24) is 5.32 Å². The molecule has 4 heteroatoms. The number of aryl methyl sites for hydroxylation is 1. The highest BCUT2D eigenvalue weighted by Gasteiger charge is 2.07. The molecule has 3 rings (SSSR count). The van der Waals surface area contributed by atoms with Crippen LogP contribution in [0.2, 0.25) is 0 Å². The normalized spacial score (nSPS) is 11.8. The first kappa shape index (κ1) is 16.1. The van der Waals surface area contributed by atoms with Gasteiger partial charge in [0, 0.05) is 11.5 Å². The Kier molecular flexibility index (Phi) is 5.46. The molecule has 0 aliphatic heterocycles. The predicted octanol–water partition coefficient (Wildman–Crippen LogP) is 5.20. The van der Waals surface area contributed by atoms with Crippen molar-refractivity contribution >= 4 is 10.8 Å². The van der Waals surface area contributed by atoms with E-state index in [4.69, 9.17) is 5.53 Å². The van der Waals surface area contributed by atoms with Gasteiger partial charge in [-0.3, -0.25) is 0 Å². The van der Waals surface area contributed by atoms with Crippen LogP contribution in [0.25, 0.3) is 21.2 Å². The van der Waals surface area contributed by atoms with E-state index in [1.807, 2.05) is 30.3 Å². The average molecular weight is 316 g/mol. The maximum atomic E-state index is 8.82. The van der Waals surface area contributed by atoms with Crippen molar-refractivity contribution in [2.24, 2.45) is 5.11 Å². The fourth-order valence-electron chi connectivity index (χ4n) is 2.89. The summed E-state index contributed by atoms with van der Waals surface area (Å²) in [6.07, 6.45) is 1.44. The topological polar surface area (TPSA) is 60.8 Å². The molecule has 0 radical (unpaired) electrons. The zero-order valence-corrected chi connectivity index (χ0v) is 13.5. The smallest absolute Gasteiger partial charge is 0.0867 e. The van der Waals surface area contributed by atoms with E-state index in [0.717, 1.165) is 12.8 Å². The van der Waals surface area contributed by atoms with E-state index in [1.54, 1.807) is 0 Å². The lowest BCUT2D eigenvalue weighted by Crippen LogP contribution is -2.27. The standard InChI is InChI=1S/C20H20N4/c21-24-23-20(14-13-16-7-2-1-3-8-16)22-15-18-11-6-10-17-9-4-5-12-19(17)18/h1-12,20,22H,13-15H2/t20-/m1/s1. The van der Waals surface area contributed by atoms with Gasteiger partial charge in [-0.25, -0.2) is 0 Å². The molecule has 0 saturated heterocycles. The summed E-state index contributed by atoms with van der Waals surface area (Å²) >= 11 is 0. The molecule has 0 aliphatic rings. The van der Waals surface area contributed by atoms with E-state index < -0.39 is 0 Å². The Morgan fingerprint density at radius 2 is 1.67 bits per heavy atom. The van der Waals surface area contributed by atoms with Crippen molar-refractivity contribution in [3.8, 4) is 0 Å². The summed E-state index contributed by atoms with van der Waals surface area (Å²) in [5, 5.41) is 9.74. The van der Waals surface area contributed by atoms with Crippen molar-refractivity contribution in [1.29, 1.82) is 0 Å². The van der Waals surface area contributed by atoms with Gasteiger partial charge in [-0.1, -0.05) is 77.9 Å². The summed E-state index contributed by atoms with van der Waals surface area (Å²) < 4.78 is 0. The highest BCUT2D eigenvalue weighted by atomic mass is 15.2. The van der Waals surface area contributed by atoms with Gasteiger partial charge in [0.2, 0.25) is 0 Å². The lowest BCUT2D eigenvalue weighted by molar-refractivity contribution is 0.493. The van der Waals surface area contributed by atoms with Crippen LogP contribution in [-0.4, -0.2) is 6.17 Å². The molecular formula is C20H20N4. The van der Waals surface area contributed by atoms with Crippen LogP contribution >= 0.6 is 0 Å². The van der Waals surface area contributed by atoms with Gasteiger partial charge in [0.05, 0.1) is 6.17 Å². The van der Waals surface area contributed by atoms with E-state index in [1.165, 1.54) is 21.9 Å². The maximum absolute atomic E-state index is 8.82. The van der Waals surface area contributed by atoms with Crippen molar-refractivity contribution in [3.05, 3.63) is 94.4 Å². The van der Waals surface area contributed by atoms with Crippen molar-refractivity contribution in [2.45, 2.75) is 25.6 Å². The average Bonchev–Trinajstić information content (AvgIpc) is 2.65. The number of hydrogen-bond acceptors (Lipinski definition) is 2. The van der Waals surface area contributed by atoms with Gasteiger partial charge in [0.15, 0.2) is 0 Å². The number of rotatable bonds is 7. The van der Waals surface area contributed by atoms with Gasteiger partial charge in [-0.05, 0) is 40.3 Å². The molecule has 24 heavy (non-hydrogen) atoms. The number of benzene rings is 3. The van der Waals surface area contributed by atoms with E-state index in [9.17, 15) is 0 Å².